The standard InChI is InChI=1S/C13H19FO2/c1-3-11(15)7-5-9-16-12-8-4-6-10(2)13(12)14/h4,6,8,11,15H,3,5,7,9H2,1-2H3. The summed E-state index contributed by atoms with van der Waals surface area (Å²) in [4.78, 5) is 0. The molecule has 0 bridgehead atoms. The molecule has 0 amide bonds. The first kappa shape index (κ1) is 13.0. The number of aliphatic hydroxyl groups is 1. The number of aliphatic hydroxyl groups excluding tert-OH is 1. The van der Waals surface area contributed by atoms with Gasteiger partial charge in [-0.3, -0.25) is 0 Å². The summed E-state index contributed by atoms with van der Waals surface area (Å²) >= 11 is 0. The molecule has 0 radical (unpaired) electrons. The van der Waals surface area contributed by atoms with Gasteiger partial charge in [-0.05, 0) is 37.8 Å². The van der Waals surface area contributed by atoms with Crippen molar-refractivity contribution in [1.29, 1.82) is 0 Å². The largest absolute Gasteiger partial charge is 0.491 e. The van der Waals surface area contributed by atoms with E-state index in [4.69, 9.17) is 4.74 Å². The molecule has 2 nitrogen and oxygen atoms in total. The molecule has 0 saturated heterocycles. The van der Waals surface area contributed by atoms with E-state index in [1.807, 2.05) is 6.92 Å². The van der Waals surface area contributed by atoms with E-state index in [-0.39, 0.29) is 11.9 Å². The lowest BCUT2D eigenvalue weighted by Crippen LogP contribution is -2.07. The minimum atomic E-state index is -0.293. The molecule has 1 atom stereocenters. The summed E-state index contributed by atoms with van der Waals surface area (Å²) in [6.45, 7) is 4.09. The van der Waals surface area contributed by atoms with Crippen LogP contribution in [0.4, 0.5) is 4.39 Å². The molecule has 1 N–H and O–H groups in total. The van der Waals surface area contributed by atoms with Crippen molar-refractivity contribution in [3.05, 3.63) is 29.6 Å². The third kappa shape index (κ3) is 3.81. The first-order chi connectivity index (χ1) is 7.65. The van der Waals surface area contributed by atoms with Crippen molar-refractivity contribution in [1.82, 2.24) is 0 Å². The monoisotopic (exact) mass is 226 g/mol. The van der Waals surface area contributed by atoms with Gasteiger partial charge in [0.1, 0.15) is 0 Å². The highest BCUT2D eigenvalue weighted by Crippen LogP contribution is 2.19. The molecular formula is C13H19FO2. The highest BCUT2D eigenvalue weighted by molar-refractivity contribution is 5.29. The summed E-state index contributed by atoms with van der Waals surface area (Å²) in [5.74, 6) is 0.00419. The Bertz CT molecular complexity index is 326. The van der Waals surface area contributed by atoms with Gasteiger partial charge >= 0.3 is 0 Å². The summed E-state index contributed by atoms with van der Waals surface area (Å²) in [7, 11) is 0. The fourth-order valence-electron chi connectivity index (χ4n) is 1.44. The van der Waals surface area contributed by atoms with E-state index in [9.17, 15) is 9.50 Å². The Morgan fingerprint density at radius 2 is 2.19 bits per heavy atom. The van der Waals surface area contributed by atoms with E-state index < -0.39 is 0 Å². The SMILES string of the molecule is CCC(O)CCCOc1cccc(C)c1F. The van der Waals surface area contributed by atoms with Crippen molar-refractivity contribution >= 4 is 0 Å². The minimum absolute atomic E-state index is 0.272. The number of ether oxygens (including phenoxy) is 1. The van der Waals surface area contributed by atoms with Gasteiger partial charge in [0.2, 0.25) is 0 Å². The van der Waals surface area contributed by atoms with Crippen molar-refractivity contribution in [2.75, 3.05) is 6.61 Å². The molecule has 1 rings (SSSR count). The maximum atomic E-state index is 13.5. The Labute approximate surface area is 96.1 Å². The number of hydrogen-bond acceptors (Lipinski definition) is 2. The van der Waals surface area contributed by atoms with Crippen LogP contribution in [0, 0.1) is 12.7 Å². The van der Waals surface area contributed by atoms with Crippen LogP contribution >= 0.6 is 0 Å². The second-order valence-corrected chi connectivity index (χ2v) is 3.94. The predicted molar refractivity (Wildman–Crippen MR) is 62.2 cm³/mol. The van der Waals surface area contributed by atoms with Gasteiger partial charge in [0, 0.05) is 0 Å². The molecule has 16 heavy (non-hydrogen) atoms. The van der Waals surface area contributed by atoms with Crippen LogP contribution in [0.5, 0.6) is 5.75 Å². The molecule has 1 unspecified atom stereocenters. The van der Waals surface area contributed by atoms with E-state index in [0.29, 0.717) is 24.3 Å². The fourth-order valence-corrected chi connectivity index (χ4v) is 1.44. The van der Waals surface area contributed by atoms with E-state index >= 15 is 0 Å². The van der Waals surface area contributed by atoms with Crippen LogP contribution in [0.3, 0.4) is 0 Å². The Balaban J connectivity index is 2.35. The quantitative estimate of drug-likeness (QED) is 0.755. The van der Waals surface area contributed by atoms with Crippen molar-refractivity contribution in [2.45, 2.75) is 39.2 Å². The zero-order valence-electron chi connectivity index (χ0n) is 9.87. The lowest BCUT2D eigenvalue weighted by Gasteiger charge is -2.10. The normalized spacial score (nSPS) is 12.5. The van der Waals surface area contributed by atoms with Crippen LogP contribution < -0.4 is 4.74 Å². The minimum Gasteiger partial charge on any atom is -0.491 e. The summed E-state index contributed by atoms with van der Waals surface area (Å²) in [6.07, 6.45) is 1.91. The lowest BCUT2D eigenvalue weighted by atomic mass is 10.1. The predicted octanol–water partition coefficient (Wildman–Crippen LogP) is 3.06. The number of hydrogen-bond donors (Lipinski definition) is 1. The zero-order valence-corrected chi connectivity index (χ0v) is 9.87. The van der Waals surface area contributed by atoms with Gasteiger partial charge in [-0.25, -0.2) is 4.39 Å². The third-order valence-electron chi connectivity index (χ3n) is 2.57. The summed E-state index contributed by atoms with van der Waals surface area (Å²) in [5.41, 5.74) is 0.589. The van der Waals surface area contributed by atoms with E-state index in [1.165, 1.54) is 0 Å². The van der Waals surface area contributed by atoms with Gasteiger partial charge < -0.3 is 9.84 Å². The maximum Gasteiger partial charge on any atom is 0.167 e. The van der Waals surface area contributed by atoms with Crippen LogP contribution in [0.25, 0.3) is 0 Å². The van der Waals surface area contributed by atoms with Gasteiger partial charge in [-0.2, -0.15) is 0 Å². The lowest BCUT2D eigenvalue weighted by molar-refractivity contribution is 0.148. The molecule has 0 heterocycles. The molecule has 1 aromatic rings. The average Bonchev–Trinajstić information content (AvgIpc) is 2.29. The third-order valence-corrected chi connectivity index (χ3v) is 2.57. The molecule has 0 spiro atoms. The van der Waals surface area contributed by atoms with Gasteiger partial charge in [-0.15, -0.1) is 0 Å². The zero-order chi connectivity index (χ0) is 12.0. The van der Waals surface area contributed by atoms with Crippen LogP contribution in [0.2, 0.25) is 0 Å². The van der Waals surface area contributed by atoms with Crippen LogP contribution in [0.15, 0.2) is 18.2 Å². The fraction of sp³-hybridized carbons (Fsp3) is 0.538. The van der Waals surface area contributed by atoms with Crippen molar-refractivity contribution in [2.24, 2.45) is 0 Å². The van der Waals surface area contributed by atoms with E-state index in [1.54, 1.807) is 25.1 Å². The van der Waals surface area contributed by atoms with Crippen molar-refractivity contribution < 1.29 is 14.2 Å². The second kappa shape index (κ2) is 6.48. The molecule has 0 saturated carbocycles. The first-order valence-corrected chi connectivity index (χ1v) is 5.71. The topological polar surface area (TPSA) is 29.5 Å². The number of aryl methyl sites for hydroxylation is 1. The Morgan fingerprint density at radius 1 is 1.44 bits per heavy atom. The van der Waals surface area contributed by atoms with Crippen molar-refractivity contribution in [3.8, 4) is 5.75 Å². The summed E-state index contributed by atoms with van der Waals surface area (Å²) < 4.78 is 18.8. The number of benzene rings is 1. The maximum absolute atomic E-state index is 13.5. The molecular weight excluding hydrogens is 207 g/mol. The summed E-state index contributed by atoms with van der Waals surface area (Å²) in [5, 5.41) is 9.32. The van der Waals surface area contributed by atoms with Gasteiger partial charge in [0.15, 0.2) is 11.6 Å². The van der Waals surface area contributed by atoms with Gasteiger partial charge in [0.25, 0.3) is 0 Å². The Morgan fingerprint density at radius 3 is 2.88 bits per heavy atom. The van der Waals surface area contributed by atoms with Crippen LogP contribution in [-0.2, 0) is 0 Å². The number of rotatable bonds is 6. The van der Waals surface area contributed by atoms with Crippen molar-refractivity contribution in [3.63, 3.8) is 0 Å². The Kier molecular flexibility index (Phi) is 5.26. The van der Waals surface area contributed by atoms with E-state index in [0.717, 1.165) is 12.8 Å². The van der Waals surface area contributed by atoms with Crippen LogP contribution in [-0.4, -0.2) is 17.8 Å². The molecule has 0 fully saturated rings. The second-order valence-electron chi connectivity index (χ2n) is 3.94. The molecule has 0 aromatic heterocycles. The Hall–Kier alpha value is -1.09. The molecule has 90 valence electrons. The molecule has 0 aliphatic carbocycles. The molecule has 0 aliphatic rings. The first-order valence-electron chi connectivity index (χ1n) is 5.71. The average molecular weight is 226 g/mol. The van der Waals surface area contributed by atoms with Gasteiger partial charge in [-0.1, -0.05) is 19.1 Å². The van der Waals surface area contributed by atoms with Crippen LogP contribution in [0.1, 0.15) is 31.7 Å². The highest BCUT2D eigenvalue weighted by atomic mass is 19.1. The van der Waals surface area contributed by atoms with Gasteiger partial charge in [0.05, 0.1) is 12.7 Å². The highest BCUT2D eigenvalue weighted by Gasteiger charge is 2.06. The molecule has 0 aliphatic heterocycles. The molecule has 1 aromatic carbocycles. The smallest absolute Gasteiger partial charge is 0.167 e. The summed E-state index contributed by atoms with van der Waals surface area (Å²) in [6, 6.07) is 5.11. The van der Waals surface area contributed by atoms with E-state index in [2.05, 4.69) is 0 Å². The number of halogens is 1. The molecule has 3 heteroatoms.